The van der Waals surface area contributed by atoms with Crippen LogP contribution in [0.2, 0.25) is 0 Å². The number of aryl methyl sites for hydroxylation is 1. The summed E-state index contributed by atoms with van der Waals surface area (Å²) in [6.45, 7) is 0.169. The van der Waals surface area contributed by atoms with Gasteiger partial charge in [0.05, 0.1) is 23.5 Å². The summed E-state index contributed by atoms with van der Waals surface area (Å²) >= 11 is 3.20. The lowest BCUT2D eigenvalue weighted by Crippen LogP contribution is -2.29. The molecule has 5 nitrogen and oxygen atoms in total. The number of fused-ring (bicyclic) bond motifs is 1. The quantitative estimate of drug-likeness (QED) is 0.788. The van der Waals surface area contributed by atoms with Crippen molar-refractivity contribution in [2.45, 2.75) is 6.54 Å². The molecule has 1 aliphatic heterocycles. The summed E-state index contributed by atoms with van der Waals surface area (Å²) in [5.74, 6) is -1.93. The van der Waals surface area contributed by atoms with Crippen molar-refractivity contribution >= 4 is 33.3 Å². The van der Waals surface area contributed by atoms with Gasteiger partial charge in [0, 0.05) is 17.7 Å². The molecule has 0 atom stereocenters. The van der Waals surface area contributed by atoms with Gasteiger partial charge in [0.25, 0.3) is 11.7 Å². The third-order valence-corrected chi connectivity index (χ3v) is 3.68. The number of nitrogens with zero attached hydrogens (tertiary/aromatic N) is 3. The number of carbonyl (C=O) groups excluding carboxylic acids is 2. The predicted molar refractivity (Wildman–Crippen MR) is 72.8 cm³/mol. The highest BCUT2D eigenvalue weighted by atomic mass is 79.9. The van der Waals surface area contributed by atoms with Gasteiger partial charge in [-0.3, -0.25) is 19.2 Å². The van der Waals surface area contributed by atoms with E-state index in [2.05, 4.69) is 21.0 Å². The lowest BCUT2D eigenvalue weighted by molar-refractivity contribution is -0.114. The van der Waals surface area contributed by atoms with Crippen LogP contribution in [0.1, 0.15) is 16.1 Å². The summed E-state index contributed by atoms with van der Waals surface area (Å²) in [6.07, 6.45) is 1.75. The van der Waals surface area contributed by atoms with Crippen molar-refractivity contribution in [3.8, 4) is 0 Å². The molecule has 1 aromatic heterocycles. The molecule has 0 spiro atoms. The molecule has 0 saturated heterocycles. The molecular weight excluding hydrogens is 329 g/mol. The zero-order valence-corrected chi connectivity index (χ0v) is 12.0. The van der Waals surface area contributed by atoms with Crippen LogP contribution in [-0.4, -0.2) is 21.5 Å². The van der Waals surface area contributed by atoms with E-state index in [1.54, 1.807) is 24.0 Å². The Hall–Kier alpha value is -2.02. The van der Waals surface area contributed by atoms with Crippen LogP contribution in [0, 0.1) is 5.82 Å². The number of carbonyl (C=O) groups is 2. The zero-order valence-electron chi connectivity index (χ0n) is 10.4. The maximum Gasteiger partial charge on any atom is 0.299 e. The highest BCUT2D eigenvalue weighted by Crippen LogP contribution is 2.37. The van der Waals surface area contributed by atoms with Crippen LogP contribution in [0.3, 0.4) is 0 Å². The third kappa shape index (κ3) is 1.94. The number of benzene rings is 1. The summed E-state index contributed by atoms with van der Waals surface area (Å²) in [6, 6.07) is 4.07. The average molecular weight is 338 g/mol. The van der Waals surface area contributed by atoms with Gasteiger partial charge >= 0.3 is 0 Å². The largest absolute Gasteiger partial charge is 0.299 e. The van der Waals surface area contributed by atoms with Crippen LogP contribution in [0.4, 0.5) is 10.1 Å². The predicted octanol–water partition coefficient (Wildman–Crippen LogP) is 2.05. The van der Waals surface area contributed by atoms with Gasteiger partial charge in [-0.15, -0.1) is 0 Å². The second-order valence-corrected chi connectivity index (χ2v) is 5.34. The molecule has 0 bridgehead atoms. The minimum Gasteiger partial charge on any atom is -0.298 e. The molecule has 1 aliphatic rings. The molecule has 102 valence electrons. The summed E-state index contributed by atoms with van der Waals surface area (Å²) in [4.78, 5) is 25.2. The van der Waals surface area contributed by atoms with E-state index in [1.807, 2.05) is 0 Å². The first-order chi connectivity index (χ1) is 9.47. The van der Waals surface area contributed by atoms with E-state index >= 15 is 0 Å². The maximum absolute atomic E-state index is 13.4. The summed E-state index contributed by atoms with van der Waals surface area (Å²) < 4.78 is 15.3. The highest BCUT2D eigenvalue weighted by molar-refractivity contribution is 9.10. The standard InChI is InChI=1S/C13H9BrFN3O2/c1-17-3-2-8(16-17)6-18-11-9(12(19)13(18)20)4-7(15)5-10(11)14/h2-5H,6H2,1H3. The Morgan fingerprint density at radius 1 is 1.35 bits per heavy atom. The number of Topliss-reactive ketones (excluding diaryl/α,β-unsaturated/α-hetero) is 1. The molecular formula is C13H9BrFN3O2. The van der Waals surface area contributed by atoms with Crippen molar-refractivity contribution in [1.82, 2.24) is 9.78 Å². The molecule has 0 radical (unpaired) electrons. The van der Waals surface area contributed by atoms with Crippen molar-refractivity contribution in [2.75, 3.05) is 4.90 Å². The van der Waals surface area contributed by atoms with E-state index in [1.165, 1.54) is 11.0 Å². The Morgan fingerprint density at radius 2 is 2.10 bits per heavy atom. The molecule has 2 aromatic rings. The topological polar surface area (TPSA) is 55.2 Å². The average Bonchev–Trinajstić information content (AvgIpc) is 2.88. The Balaban J connectivity index is 2.06. The summed E-state index contributed by atoms with van der Waals surface area (Å²) in [7, 11) is 1.76. The Labute approximate surface area is 122 Å². The van der Waals surface area contributed by atoms with E-state index in [0.29, 0.717) is 15.9 Å². The molecule has 1 amide bonds. The van der Waals surface area contributed by atoms with Crippen LogP contribution in [0.15, 0.2) is 28.9 Å². The van der Waals surface area contributed by atoms with Crippen molar-refractivity contribution in [2.24, 2.45) is 7.05 Å². The normalized spacial score (nSPS) is 14.1. The van der Waals surface area contributed by atoms with Gasteiger partial charge in [-0.05, 0) is 34.1 Å². The number of anilines is 1. The van der Waals surface area contributed by atoms with Gasteiger partial charge in [0.1, 0.15) is 5.82 Å². The molecule has 0 N–H and O–H groups in total. The molecule has 0 saturated carbocycles. The van der Waals surface area contributed by atoms with E-state index in [4.69, 9.17) is 0 Å². The Bertz CT molecular complexity index is 741. The van der Waals surface area contributed by atoms with Crippen molar-refractivity contribution < 1.29 is 14.0 Å². The summed E-state index contributed by atoms with van der Waals surface area (Å²) in [5, 5.41) is 4.18. The van der Waals surface area contributed by atoms with Crippen molar-refractivity contribution in [1.29, 1.82) is 0 Å². The number of amides is 1. The SMILES string of the molecule is Cn1ccc(CN2C(=O)C(=O)c3cc(F)cc(Br)c32)n1. The monoisotopic (exact) mass is 337 g/mol. The Morgan fingerprint density at radius 3 is 2.75 bits per heavy atom. The van der Waals surface area contributed by atoms with Gasteiger partial charge in [0.15, 0.2) is 0 Å². The number of hydrogen-bond donors (Lipinski definition) is 0. The molecule has 0 aliphatic carbocycles. The molecule has 7 heteroatoms. The van der Waals surface area contributed by atoms with Gasteiger partial charge in [0.2, 0.25) is 0 Å². The number of ketones is 1. The zero-order chi connectivity index (χ0) is 14.4. The second kappa shape index (κ2) is 4.52. The molecule has 20 heavy (non-hydrogen) atoms. The minimum absolute atomic E-state index is 0.0813. The lowest BCUT2D eigenvalue weighted by Gasteiger charge is -2.16. The fourth-order valence-corrected chi connectivity index (χ4v) is 2.86. The van der Waals surface area contributed by atoms with Crippen LogP contribution < -0.4 is 4.90 Å². The summed E-state index contributed by atoms with van der Waals surface area (Å²) in [5.41, 5.74) is 1.13. The number of aromatic nitrogens is 2. The van der Waals surface area contributed by atoms with Crippen molar-refractivity contribution in [3.63, 3.8) is 0 Å². The molecule has 2 heterocycles. The van der Waals surface area contributed by atoms with E-state index in [0.717, 1.165) is 6.07 Å². The molecule has 0 unspecified atom stereocenters. The molecule has 3 rings (SSSR count). The van der Waals surface area contributed by atoms with E-state index in [-0.39, 0.29) is 12.1 Å². The minimum atomic E-state index is -0.698. The fraction of sp³-hybridized carbons (Fsp3) is 0.154. The fourth-order valence-electron chi connectivity index (χ4n) is 2.21. The maximum atomic E-state index is 13.4. The van der Waals surface area contributed by atoms with Crippen LogP contribution in [0.5, 0.6) is 0 Å². The number of rotatable bonds is 2. The van der Waals surface area contributed by atoms with Gasteiger partial charge < -0.3 is 0 Å². The van der Waals surface area contributed by atoms with Gasteiger partial charge in [-0.1, -0.05) is 0 Å². The smallest absolute Gasteiger partial charge is 0.298 e. The lowest BCUT2D eigenvalue weighted by atomic mass is 10.1. The number of hydrogen-bond acceptors (Lipinski definition) is 3. The van der Waals surface area contributed by atoms with Gasteiger partial charge in [-0.25, -0.2) is 4.39 Å². The number of halogens is 2. The van der Waals surface area contributed by atoms with Crippen LogP contribution in [0.25, 0.3) is 0 Å². The Kier molecular flexibility index (Phi) is 2.93. The molecule has 1 aromatic carbocycles. The molecule has 0 fully saturated rings. The first-order valence-corrected chi connectivity index (χ1v) is 6.60. The van der Waals surface area contributed by atoms with Crippen LogP contribution >= 0.6 is 15.9 Å². The van der Waals surface area contributed by atoms with E-state index in [9.17, 15) is 14.0 Å². The highest BCUT2D eigenvalue weighted by Gasteiger charge is 2.38. The first-order valence-electron chi connectivity index (χ1n) is 5.81. The van der Waals surface area contributed by atoms with Crippen LogP contribution in [-0.2, 0) is 18.4 Å². The van der Waals surface area contributed by atoms with E-state index < -0.39 is 17.5 Å². The third-order valence-electron chi connectivity index (χ3n) is 3.07. The van der Waals surface area contributed by atoms with Crippen molar-refractivity contribution in [3.05, 3.63) is 45.9 Å². The first kappa shape index (κ1) is 13.0. The second-order valence-electron chi connectivity index (χ2n) is 4.48. The van der Waals surface area contributed by atoms with Gasteiger partial charge in [-0.2, -0.15) is 5.10 Å².